The second-order valence-corrected chi connectivity index (χ2v) is 6.68. The van der Waals surface area contributed by atoms with Gasteiger partial charge in [0.05, 0.1) is 30.3 Å². The third-order valence-electron chi connectivity index (χ3n) is 2.83. The van der Waals surface area contributed by atoms with Crippen LogP contribution in [0, 0.1) is 0 Å². The molecule has 1 saturated heterocycles. The molecule has 0 aliphatic carbocycles. The van der Waals surface area contributed by atoms with Crippen molar-refractivity contribution in [1.82, 2.24) is 9.78 Å². The van der Waals surface area contributed by atoms with Gasteiger partial charge in [0.1, 0.15) is 9.84 Å². The van der Waals surface area contributed by atoms with Crippen LogP contribution in [0.2, 0.25) is 0 Å². The minimum atomic E-state index is -2.97. The van der Waals surface area contributed by atoms with E-state index in [-0.39, 0.29) is 11.7 Å². The monoisotopic (exact) mass is 259 g/mol. The number of aryl methyl sites for hydroxylation is 1. The predicted molar refractivity (Wildman–Crippen MR) is 64.5 cm³/mol. The fraction of sp³-hybridized carbons (Fsp3) is 0.700. The Balaban J connectivity index is 2.07. The zero-order valence-corrected chi connectivity index (χ0v) is 10.6. The molecule has 0 amide bonds. The van der Waals surface area contributed by atoms with Crippen molar-refractivity contribution in [3.05, 3.63) is 11.9 Å². The lowest BCUT2D eigenvalue weighted by Crippen LogP contribution is -2.12. The maximum Gasteiger partial charge on any atom is 0.149 e. The Morgan fingerprint density at radius 2 is 2.41 bits per heavy atom. The molecule has 0 radical (unpaired) electrons. The van der Waals surface area contributed by atoms with Gasteiger partial charge in [-0.1, -0.05) is 0 Å². The van der Waals surface area contributed by atoms with E-state index in [0.29, 0.717) is 18.8 Å². The number of nitrogens with two attached hydrogens (primary N) is 1. The van der Waals surface area contributed by atoms with Crippen molar-refractivity contribution < 1.29 is 13.2 Å². The van der Waals surface area contributed by atoms with Crippen LogP contribution in [0.4, 0.5) is 5.69 Å². The van der Waals surface area contributed by atoms with Gasteiger partial charge >= 0.3 is 0 Å². The third-order valence-corrected chi connectivity index (χ3v) is 3.75. The number of nitrogen functional groups attached to an aromatic ring is 1. The molecule has 1 aliphatic heterocycles. The molecule has 1 atom stereocenters. The number of rotatable bonds is 4. The number of aromatic nitrogens is 2. The lowest BCUT2D eigenvalue weighted by molar-refractivity contribution is 0.193. The van der Waals surface area contributed by atoms with Gasteiger partial charge in [-0.25, -0.2) is 8.42 Å². The molecule has 1 unspecified atom stereocenters. The summed E-state index contributed by atoms with van der Waals surface area (Å²) in [6, 6.07) is 0. The van der Waals surface area contributed by atoms with Crippen molar-refractivity contribution in [3.8, 4) is 0 Å². The molecule has 0 aromatic carbocycles. The van der Waals surface area contributed by atoms with Crippen LogP contribution in [-0.2, 0) is 21.1 Å². The SMILES string of the molecule is CS(=O)(=O)CCn1cc(N)c(C2CCOC2)n1. The summed E-state index contributed by atoms with van der Waals surface area (Å²) < 4.78 is 29.0. The summed E-state index contributed by atoms with van der Waals surface area (Å²) in [4.78, 5) is 0. The van der Waals surface area contributed by atoms with Crippen LogP contribution in [0.1, 0.15) is 18.0 Å². The second kappa shape index (κ2) is 4.66. The summed E-state index contributed by atoms with van der Waals surface area (Å²) in [7, 11) is -2.97. The van der Waals surface area contributed by atoms with Crippen LogP contribution < -0.4 is 5.73 Å². The molecule has 0 spiro atoms. The number of anilines is 1. The van der Waals surface area contributed by atoms with Gasteiger partial charge in [0, 0.05) is 25.0 Å². The smallest absolute Gasteiger partial charge is 0.149 e. The molecule has 0 saturated carbocycles. The molecule has 2 heterocycles. The Hall–Kier alpha value is -1.08. The Kier molecular flexibility index (Phi) is 3.39. The molecule has 6 nitrogen and oxygen atoms in total. The van der Waals surface area contributed by atoms with Crippen LogP contribution in [0.3, 0.4) is 0 Å². The number of sulfone groups is 1. The van der Waals surface area contributed by atoms with E-state index in [2.05, 4.69) is 5.10 Å². The summed E-state index contributed by atoms with van der Waals surface area (Å²) in [5.74, 6) is 0.323. The lowest BCUT2D eigenvalue weighted by Gasteiger charge is -2.04. The van der Waals surface area contributed by atoms with Crippen LogP contribution >= 0.6 is 0 Å². The standard InChI is InChI=1S/C10H17N3O3S/c1-17(14,15)5-3-13-6-9(11)10(12-13)8-2-4-16-7-8/h6,8H,2-5,7,11H2,1H3. The zero-order chi connectivity index (χ0) is 12.5. The molecule has 0 bridgehead atoms. The van der Waals surface area contributed by atoms with Crippen molar-refractivity contribution in [2.45, 2.75) is 18.9 Å². The highest BCUT2D eigenvalue weighted by Crippen LogP contribution is 2.27. The van der Waals surface area contributed by atoms with Crippen molar-refractivity contribution in [2.75, 3.05) is 31.0 Å². The zero-order valence-electron chi connectivity index (χ0n) is 9.80. The molecule has 7 heteroatoms. The van der Waals surface area contributed by atoms with Crippen LogP contribution in [0.15, 0.2) is 6.20 Å². The second-order valence-electron chi connectivity index (χ2n) is 4.42. The van der Waals surface area contributed by atoms with Crippen LogP contribution in [0.25, 0.3) is 0 Å². The van der Waals surface area contributed by atoms with Gasteiger partial charge in [0.25, 0.3) is 0 Å². The predicted octanol–water partition coefficient (Wildman–Crippen LogP) is 0.0138. The minimum absolute atomic E-state index is 0.0781. The van der Waals surface area contributed by atoms with Crippen molar-refractivity contribution in [3.63, 3.8) is 0 Å². The van der Waals surface area contributed by atoms with E-state index in [9.17, 15) is 8.42 Å². The van der Waals surface area contributed by atoms with E-state index < -0.39 is 9.84 Å². The fourth-order valence-corrected chi connectivity index (χ4v) is 2.41. The topological polar surface area (TPSA) is 87.2 Å². The van der Waals surface area contributed by atoms with E-state index in [1.54, 1.807) is 10.9 Å². The average molecular weight is 259 g/mol. The summed E-state index contributed by atoms with van der Waals surface area (Å²) in [6.07, 6.45) is 3.83. The van der Waals surface area contributed by atoms with Crippen LogP contribution in [-0.4, -0.2) is 43.4 Å². The largest absolute Gasteiger partial charge is 0.396 e. The highest BCUT2D eigenvalue weighted by atomic mass is 32.2. The normalized spacial score (nSPS) is 20.9. The Labute approximate surface area is 101 Å². The third kappa shape index (κ3) is 3.19. The van der Waals surface area contributed by atoms with Gasteiger partial charge < -0.3 is 10.5 Å². The highest BCUT2D eigenvalue weighted by Gasteiger charge is 2.23. The van der Waals surface area contributed by atoms with E-state index in [1.165, 1.54) is 6.26 Å². The molecular formula is C10H17N3O3S. The summed E-state index contributed by atoms with van der Waals surface area (Å²) in [6.45, 7) is 1.73. The van der Waals surface area contributed by atoms with E-state index in [0.717, 1.165) is 18.7 Å². The van der Waals surface area contributed by atoms with Gasteiger partial charge in [0.2, 0.25) is 0 Å². The van der Waals surface area contributed by atoms with E-state index >= 15 is 0 Å². The fourth-order valence-electron chi connectivity index (χ4n) is 1.89. The number of ether oxygens (including phenoxy) is 1. The summed E-state index contributed by atoms with van der Waals surface area (Å²) in [5.41, 5.74) is 7.32. The molecule has 2 rings (SSSR count). The first kappa shape index (κ1) is 12.4. The quantitative estimate of drug-likeness (QED) is 0.823. The molecule has 1 fully saturated rings. The molecule has 1 aliphatic rings. The Morgan fingerprint density at radius 3 is 3.00 bits per heavy atom. The highest BCUT2D eigenvalue weighted by molar-refractivity contribution is 7.90. The lowest BCUT2D eigenvalue weighted by atomic mass is 10.0. The average Bonchev–Trinajstić information content (AvgIpc) is 2.82. The van der Waals surface area contributed by atoms with Crippen molar-refractivity contribution in [2.24, 2.45) is 0 Å². The molecule has 2 N–H and O–H groups in total. The molecule has 1 aromatic heterocycles. The minimum Gasteiger partial charge on any atom is -0.396 e. The number of nitrogens with zero attached hydrogens (tertiary/aromatic N) is 2. The van der Waals surface area contributed by atoms with Gasteiger partial charge in [-0.15, -0.1) is 0 Å². The first-order chi connectivity index (χ1) is 7.96. The summed E-state index contributed by atoms with van der Waals surface area (Å²) >= 11 is 0. The number of hydrogen-bond donors (Lipinski definition) is 1. The first-order valence-electron chi connectivity index (χ1n) is 5.54. The molecule has 17 heavy (non-hydrogen) atoms. The van der Waals surface area contributed by atoms with Crippen molar-refractivity contribution >= 4 is 15.5 Å². The van der Waals surface area contributed by atoms with Gasteiger partial charge in [0.15, 0.2) is 0 Å². The molecular weight excluding hydrogens is 242 g/mol. The molecule has 96 valence electrons. The Morgan fingerprint density at radius 1 is 1.65 bits per heavy atom. The summed E-state index contributed by atoms with van der Waals surface area (Å²) in [5, 5.41) is 4.34. The Bertz CT molecular complexity index is 489. The van der Waals surface area contributed by atoms with E-state index in [1.807, 2.05) is 0 Å². The maximum atomic E-state index is 11.1. The maximum absolute atomic E-state index is 11.1. The van der Waals surface area contributed by atoms with Gasteiger partial charge in [-0.3, -0.25) is 4.68 Å². The van der Waals surface area contributed by atoms with Gasteiger partial charge in [-0.2, -0.15) is 5.10 Å². The molecule has 1 aromatic rings. The first-order valence-corrected chi connectivity index (χ1v) is 7.60. The van der Waals surface area contributed by atoms with E-state index in [4.69, 9.17) is 10.5 Å². The van der Waals surface area contributed by atoms with Crippen molar-refractivity contribution in [1.29, 1.82) is 0 Å². The number of hydrogen-bond acceptors (Lipinski definition) is 5. The van der Waals surface area contributed by atoms with Gasteiger partial charge in [-0.05, 0) is 6.42 Å². The van der Waals surface area contributed by atoms with Crippen LogP contribution in [0.5, 0.6) is 0 Å².